The predicted octanol–water partition coefficient (Wildman–Crippen LogP) is 2.60. The molecule has 3 rings (SSSR count). The third-order valence-electron chi connectivity index (χ3n) is 3.01. The number of benzene rings is 1. The van der Waals surface area contributed by atoms with Crippen LogP contribution in [0.3, 0.4) is 0 Å². The van der Waals surface area contributed by atoms with E-state index in [9.17, 15) is 0 Å². The zero-order chi connectivity index (χ0) is 11.1. The first-order valence-electron chi connectivity index (χ1n) is 5.50. The summed E-state index contributed by atoms with van der Waals surface area (Å²) in [4.78, 5) is 4.61. The molecule has 1 unspecified atom stereocenters. The highest BCUT2D eigenvalue weighted by Gasteiger charge is 2.18. The fraction of sp³-hybridized carbons (Fsp3) is 0.308. The van der Waals surface area contributed by atoms with Gasteiger partial charge in [-0.3, -0.25) is 0 Å². The fourth-order valence-electron chi connectivity index (χ4n) is 2.22. The van der Waals surface area contributed by atoms with Gasteiger partial charge in [0.25, 0.3) is 0 Å². The van der Waals surface area contributed by atoms with Crippen molar-refractivity contribution in [1.82, 2.24) is 4.98 Å². The second-order valence-corrected chi connectivity index (χ2v) is 4.30. The van der Waals surface area contributed by atoms with E-state index in [-0.39, 0.29) is 0 Å². The van der Waals surface area contributed by atoms with Crippen molar-refractivity contribution >= 4 is 16.7 Å². The Kier molecular flexibility index (Phi) is 1.99. The topological polar surface area (TPSA) is 34.1 Å². The summed E-state index contributed by atoms with van der Waals surface area (Å²) in [6.45, 7) is 2.17. The van der Waals surface area contributed by atoms with Gasteiger partial charge in [0.05, 0.1) is 12.6 Å². The number of rotatable bonds is 1. The van der Waals surface area contributed by atoms with Gasteiger partial charge in [-0.05, 0) is 43.2 Å². The summed E-state index contributed by atoms with van der Waals surface area (Å²) in [5.41, 5.74) is 2.31. The van der Waals surface area contributed by atoms with Gasteiger partial charge in [0.1, 0.15) is 11.6 Å². The molecule has 1 atom stereocenters. The molecule has 0 radical (unpaired) electrons. The lowest BCUT2D eigenvalue weighted by Crippen LogP contribution is -2.08. The van der Waals surface area contributed by atoms with Crippen LogP contribution >= 0.6 is 0 Å². The maximum absolute atomic E-state index is 5.22. The molecule has 16 heavy (non-hydrogen) atoms. The number of fused-ring (bicyclic) bond motifs is 2. The first-order valence-corrected chi connectivity index (χ1v) is 5.50. The Morgan fingerprint density at radius 3 is 3.06 bits per heavy atom. The van der Waals surface area contributed by atoms with E-state index >= 15 is 0 Å². The van der Waals surface area contributed by atoms with Crippen LogP contribution in [-0.4, -0.2) is 18.1 Å². The van der Waals surface area contributed by atoms with E-state index in [0.717, 1.165) is 28.9 Å². The fourth-order valence-corrected chi connectivity index (χ4v) is 2.22. The predicted molar refractivity (Wildman–Crippen MR) is 65.1 cm³/mol. The summed E-state index contributed by atoms with van der Waals surface area (Å²) in [5, 5.41) is 4.52. The van der Waals surface area contributed by atoms with Gasteiger partial charge in [0.15, 0.2) is 0 Å². The molecule has 0 aliphatic carbocycles. The molecule has 3 heteroatoms. The van der Waals surface area contributed by atoms with Crippen LogP contribution < -0.4 is 10.1 Å². The molecule has 2 aromatic rings. The molecule has 0 fully saturated rings. The molecule has 2 heterocycles. The number of aromatic nitrogens is 1. The summed E-state index contributed by atoms with van der Waals surface area (Å²) >= 11 is 0. The van der Waals surface area contributed by atoms with E-state index in [2.05, 4.69) is 23.3 Å². The van der Waals surface area contributed by atoms with E-state index in [0.29, 0.717) is 6.04 Å². The molecule has 1 aliphatic rings. The van der Waals surface area contributed by atoms with Crippen LogP contribution in [0.1, 0.15) is 12.5 Å². The Morgan fingerprint density at radius 2 is 2.25 bits per heavy atom. The van der Waals surface area contributed by atoms with Crippen LogP contribution in [0.25, 0.3) is 10.9 Å². The van der Waals surface area contributed by atoms with Crippen LogP contribution in [-0.2, 0) is 6.42 Å². The Labute approximate surface area is 94.5 Å². The molecule has 1 aromatic heterocycles. The van der Waals surface area contributed by atoms with Crippen molar-refractivity contribution in [2.24, 2.45) is 0 Å². The zero-order valence-electron chi connectivity index (χ0n) is 9.45. The minimum absolute atomic E-state index is 0.487. The first-order chi connectivity index (χ1) is 7.76. The van der Waals surface area contributed by atoms with Crippen molar-refractivity contribution in [3.63, 3.8) is 0 Å². The van der Waals surface area contributed by atoms with Crippen LogP contribution in [0, 0.1) is 0 Å². The standard InChI is InChI=1S/C13H14N2O/c1-8-5-10-6-9-7-11(16-2)3-4-12(9)15-13(10)14-8/h3-4,6-8H,5H2,1-2H3,(H,14,15). The third-order valence-corrected chi connectivity index (χ3v) is 3.01. The SMILES string of the molecule is COc1ccc2nc3c(cc2c1)CC(C)N3. The zero-order valence-corrected chi connectivity index (χ0v) is 9.45. The van der Waals surface area contributed by atoms with Crippen molar-refractivity contribution in [2.75, 3.05) is 12.4 Å². The maximum atomic E-state index is 5.22. The summed E-state index contributed by atoms with van der Waals surface area (Å²) < 4.78 is 5.22. The highest BCUT2D eigenvalue weighted by molar-refractivity contribution is 5.83. The Morgan fingerprint density at radius 1 is 1.38 bits per heavy atom. The number of nitrogens with one attached hydrogen (secondary N) is 1. The van der Waals surface area contributed by atoms with Crippen molar-refractivity contribution in [1.29, 1.82) is 0 Å². The van der Waals surface area contributed by atoms with Gasteiger partial charge in [0, 0.05) is 11.4 Å². The Balaban J connectivity index is 2.18. The van der Waals surface area contributed by atoms with Gasteiger partial charge in [-0.1, -0.05) is 0 Å². The van der Waals surface area contributed by atoms with Crippen LogP contribution in [0.15, 0.2) is 24.3 Å². The van der Waals surface area contributed by atoms with E-state index in [1.165, 1.54) is 5.56 Å². The second kappa shape index (κ2) is 3.37. The average Bonchev–Trinajstić information content (AvgIpc) is 2.64. The third kappa shape index (κ3) is 1.40. The second-order valence-electron chi connectivity index (χ2n) is 4.30. The molecule has 0 bridgehead atoms. The number of pyridine rings is 1. The van der Waals surface area contributed by atoms with Gasteiger partial charge in [0.2, 0.25) is 0 Å². The van der Waals surface area contributed by atoms with Crippen molar-refractivity contribution in [3.05, 3.63) is 29.8 Å². The smallest absolute Gasteiger partial charge is 0.130 e. The van der Waals surface area contributed by atoms with Crippen molar-refractivity contribution in [3.8, 4) is 5.75 Å². The first kappa shape index (κ1) is 9.46. The summed E-state index contributed by atoms with van der Waals surface area (Å²) in [6, 6.07) is 8.67. The molecule has 3 nitrogen and oxygen atoms in total. The van der Waals surface area contributed by atoms with Gasteiger partial charge in [-0.2, -0.15) is 0 Å². The number of hydrogen-bond donors (Lipinski definition) is 1. The lowest BCUT2D eigenvalue weighted by molar-refractivity contribution is 0.415. The number of methoxy groups -OCH3 is 1. The molecule has 0 amide bonds. The number of ether oxygens (including phenoxy) is 1. The van der Waals surface area contributed by atoms with E-state index < -0.39 is 0 Å². The summed E-state index contributed by atoms with van der Waals surface area (Å²) in [6.07, 6.45) is 1.05. The number of hydrogen-bond acceptors (Lipinski definition) is 3. The maximum Gasteiger partial charge on any atom is 0.130 e. The quantitative estimate of drug-likeness (QED) is 0.792. The van der Waals surface area contributed by atoms with Gasteiger partial charge in [-0.15, -0.1) is 0 Å². The molecular weight excluding hydrogens is 200 g/mol. The van der Waals surface area contributed by atoms with Gasteiger partial charge >= 0.3 is 0 Å². The van der Waals surface area contributed by atoms with Gasteiger partial charge < -0.3 is 10.1 Å². The summed E-state index contributed by atoms with van der Waals surface area (Å²) in [7, 11) is 1.69. The molecule has 0 saturated heterocycles. The minimum atomic E-state index is 0.487. The van der Waals surface area contributed by atoms with Gasteiger partial charge in [-0.25, -0.2) is 4.98 Å². The minimum Gasteiger partial charge on any atom is -0.497 e. The van der Waals surface area contributed by atoms with E-state index in [1.54, 1.807) is 7.11 Å². The number of anilines is 1. The Hall–Kier alpha value is -1.77. The monoisotopic (exact) mass is 214 g/mol. The lowest BCUT2D eigenvalue weighted by Gasteiger charge is -2.05. The lowest BCUT2D eigenvalue weighted by atomic mass is 10.1. The molecule has 1 aliphatic heterocycles. The molecule has 82 valence electrons. The molecule has 0 spiro atoms. The highest BCUT2D eigenvalue weighted by atomic mass is 16.5. The summed E-state index contributed by atoms with van der Waals surface area (Å²) in [5.74, 6) is 1.92. The number of nitrogens with zero attached hydrogens (tertiary/aromatic N) is 1. The largest absolute Gasteiger partial charge is 0.497 e. The highest BCUT2D eigenvalue weighted by Crippen LogP contribution is 2.29. The van der Waals surface area contributed by atoms with E-state index in [4.69, 9.17) is 4.74 Å². The van der Waals surface area contributed by atoms with Crippen LogP contribution in [0.2, 0.25) is 0 Å². The van der Waals surface area contributed by atoms with Crippen LogP contribution in [0.4, 0.5) is 5.82 Å². The van der Waals surface area contributed by atoms with Crippen molar-refractivity contribution in [2.45, 2.75) is 19.4 Å². The van der Waals surface area contributed by atoms with Crippen LogP contribution in [0.5, 0.6) is 5.75 Å². The molecule has 1 aromatic carbocycles. The Bertz CT molecular complexity index is 551. The molecule has 0 saturated carbocycles. The average molecular weight is 214 g/mol. The molecule has 1 N–H and O–H groups in total. The van der Waals surface area contributed by atoms with Crippen molar-refractivity contribution < 1.29 is 4.74 Å². The normalized spacial score (nSPS) is 18.2. The molecular formula is C13H14N2O. The van der Waals surface area contributed by atoms with E-state index in [1.807, 2.05) is 18.2 Å².